The van der Waals surface area contributed by atoms with Crippen LogP contribution in [0.15, 0.2) is 53.4 Å². The summed E-state index contributed by atoms with van der Waals surface area (Å²) in [7, 11) is -2.16. The number of nitrogens with zero attached hydrogens (tertiary/aromatic N) is 2. The molecule has 0 saturated carbocycles. The van der Waals surface area contributed by atoms with Gasteiger partial charge >= 0.3 is 5.97 Å². The molecule has 0 atom stereocenters. The quantitative estimate of drug-likeness (QED) is 0.639. The van der Waals surface area contributed by atoms with Crippen molar-refractivity contribution in [2.45, 2.75) is 30.6 Å². The second-order valence-corrected chi connectivity index (χ2v) is 9.50. The van der Waals surface area contributed by atoms with E-state index in [0.717, 1.165) is 25.7 Å². The molecular formula is C23H24N2O5S. The number of aromatic carboxylic acids is 1. The van der Waals surface area contributed by atoms with Crippen molar-refractivity contribution in [3.05, 3.63) is 54.1 Å². The Morgan fingerprint density at radius 3 is 2.42 bits per heavy atom. The van der Waals surface area contributed by atoms with Gasteiger partial charge in [0.15, 0.2) is 0 Å². The Balaban J connectivity index is 1.85. The van der Waals surface area contributed by atoms with Gasteiger partial charge in [-0.05, 0) is 49.2 Å². The van der Waals surface area contributed by atoms with Crippen LogP contribution < -0.4 is 4.74 Å². The number of carboxylic acids is 1. The molecule has 0 unspecified atom stereocenters. The summed E-state index contributed by atoms with van der Waals surface area (Å²) in [6.45, 7) is 0.967. The van der Waals surface area contributed by atoms with Crippen molar-refractivity contribution < 1.29 is 23.1 Å². The lowest BCUT2D eigenvalue weighted by Crippen LogP contribution is -2.31. The molecule has 1 saturated heterocycles. The summed E-state index contributed by atoms with van der Waals surface area (Å²) in [5.74, 6) is -0.570. The largest absolute Gasteiger partial charge is 0.496 e. The molecule has 0 radical (unpaired) electrons. The first-order valence-electron chi connectivity index (χ1n) is 10.2. The molecule has 8 heteroatoms. The number of benzene rings is 2. The average Bonchev–Trinajstić information content (AvgIpc) is 3.08. The lowest BCUT2D eigenvalue weighted by atomic mass is 10.0. The van der Waals surface area contributed by atoms with Gasteiger partial charge in [0.05, 0.1) is 28.8 Å². The molecule has 1 aliphatic rings. The summed E-state index contributed by atoms with van der Waals surface area (Å²) in [6, 6.07) is 13.2. The molecule has 31 heavy (non-hydrogen) atoms. The van der Waals surface area contributed by atoms with E-state index in [2.05, 4.69) is 4.98 Å². The van der Waals surface area contributed by atoms with Gasteiger partial charge in [-0.3, -0.25) is 0 Å². The normalized spacial score (nSPS) is 15.5. The van der Waals surface area contributed by atoms with E-state index >= 15 is 0 Å². The highest BCUT2D eigenvalue weighted by Gasteiger charge is 2.26. The molecular weight excluding hydrogens is 416 g/mol. The zero-order valence-electron chi connectivity index (χ0n) is 17.2. The lowest BCUT2D eigenvalue weighted by Gasteiger charge is -2.20. The fraction of sp³-hybridized carbons (Fsp3) is 0.304. The smallest absolute Gasteiger partial charge is 0.336 e. The number of pyridine rings is 1. The number of methoxy groups -OCH3 is 1. The highest BCUT2D eigenvalue weighted by atomic mass is 32.2. The van der Waals surface area contributed by atoms with Crippen LogP contribution >= 0.6 is 0 Å². The molecule has 1 N–H and O–H groups in total. The average molecular weight is 441 g/mol. The molecule has 2 aromatic carbocycles. The van der Waals surface area contributed by atoms with Crippen molar-refractivity contribution in [3.8, 4) is 17.0 Å². The first-order chi connectivity index (χ1) is 14.9. The summed E-state index contributed by atoms with van der Waals surface area (Å²) >= 11 is 0. The van der Waals surface area contributed by atoms with Gasteiger partial charge in [-0.2, -0.15) is 4.31 Å². The molecule has 3 aromatic rings. The summed E-state index contributed by atoms with van der Waals surface area (Å²) in [5, 5.41) is 10.1. The van der Waals surface area contributed by atoms with Gasteiger partial charge in [0.2, 0.25) is 10.0 Å². The molecule has 4 rings (SSSR count). The summed E-state index contributed by atoms with van der Waals surface area (Å²) in [6.07, 6.45) is 3.69. The first-order valence-corrected chi connectivity index (χ1v) is 11.7. The van der Waals surface area contributed by atoms with Crippen molar-refractivity contribution in [2.24, 2.45) is 0 Å². The Kier molecular flexibility index (Phi) is 5.93. The number of fused-ring (bicyclic) bond motifs is 1. The van der Waals surface area contributed by atoms with Gasteiger partial charge in [-0.25, -0.2) is 18.2 Å². The molecule has 1 aliphatic heterocycles. The van der Waals surface area contributed by atoms with Gasteiger partial charge in [0, 0.05) is 24.0 Å². The predicted molar refractivity (Wildman–Crippen MR) is 118 cm³/mol. The zero-order valence-corrected chi connectivity index (χ0v) is 18.1. The Hall–Kier alpha value is -2.97. The fourth-order valence-electron chi connectivity index (χ4n) is 3.97. The zero-order chi connectivity index (χ0) is 22.0. The van der Waals surface area contributed by atoms with E-state index in [4.69, 9.17) is 4.74 Å². The third-order valence-electron chi connectivity index (χ3n) is 5.60. The van der Waals surface area contributed by atoms with Crippen LogP contribution in [0.3, 0.4) is 0 Å². The molecule has 0 aliphatic carbocycles. The second-order valence-electron chi connectivity index (χ2n) is 7.56. The van der Waals surface area contributed by atoms with E-state index in [1.54, 1.807) is 18.2 Å². The summed E-state index contributed by atoms with van der Waals surface area (Å²) in [5.41, 5.74) is 1.52. The lowest BCUT2D eigenvalue weighted by molar-refractivity contribution is 0.0699. The van der Waals surface area contributed by atoms with E-state index in [1.165, 1.54) is 29.6 Å². The molecule has 1 aromatic heterocycles. The van der Waals surface area contributed by atoms with Crippen molar-refractivity contribution >= 4 is 26.9 Å². The molecule has 2 heterocycles. The fourth-order valence-corrected chi connectivity index (χ4v) is 5.51. The topological polar surface area (TPSA) is 96.8 Å². The number of aromatic nitrogens is 1. The summed E-state index contributed by atoms with van der Waals surface area (Å²) < 4.78 is 33.2. The number of rotatable bonds is 5. The molecule has 162 valence electrons. The van der Waals surface area contributed by atoms with E-state index in [0.29, 0.717) is 41.0 Å². The van der Waals surface area contributed by atoms with Crippen molar-refractivity contribution in [1.82, 2.24) is 9.29 Å². The highest BCUT2D eigenvalue weighted by Crippen LogP contribution is 2.32. The van der Waals surface area contributed by atoms with Crippen LogP contribution in [-0.2, 0) is 10.0 Å². The van der Waals surface area contributed by atoms with Crippen molar-refractivity contribution in [1.29, 1.82) is 0 Å². The second kappa shape index (κ2) is 8.64. The Morgan fingerprint density at radius 2 is 1.74 bits per heavy atom. The maximum Gasteiger partial charge on any atom is 0.336 e. The Labute approximate surface area is 181 Å². The molecule has 1 fully saturated rings. The molecule has 0 amide bonds. The van der Waals surface area contributed by atoms with Gasteiger partial charge < -0.3 is 9.84 Å². The van der Waals surface area contributed by atoms with Crippen LogP contribution in [0.4, 0.5) is 0 Å². The first kappa shape index (κ1) is 21.3. The predicted octanol–water partition coefficient (Wildman–Crippen LogP) is 4.17. The number of carbonyl (C=O) groups is 1. The minimum atomic E-state index is -3.70. The number of ether oxygens (including phenoxy) is 1. The minimum absolute atomic E-state index is 0.00109. The third-order valence-corrected chi connectivity index (χ3v) is 7.49. The maximum atomic E-state index is 13.2. The third kappa shape index (κ3) is 4.13. The number of para-hydroxylation sites is 1. The van der Waals surface area contributed by atoms with Gasteiger partial charge in [-0.1, -0.05) is 25.0 Å². The maximum absolute atomic E-state index is 13.2. The summed E-state index contributed by atoms with van der Waals surface area (Å²) in [4.78, 5) is 16.7. The van der Waals surface area contributed by atoms with E-state index < -0.39 is 16.0 Å². The number of hydrogen-bond donors (Lipinski definition) is 1. The number of sulfonamides is 1. The van der Waals surface area contributed by atoms with Crippen LogP contribution in [-0.4, -0.2) is 49.0 Å². The van der Waals surface area contributed by atoms with Crippen molar-refractivity contribution in [3.63, 3.8) is 0 Å². The Morgan fingerprint density at radius 1 is 1.03 bits per heavy atom. The van der Waals surface area contributed by atoms with Crippen LogP contribution in [0, 0.1) is 0 Å². The number of hydrogen-bond acceptors (Lipinski definition) is 5. The highest BCUT2D eigenvalue weighted by molar-refractivity contribution is 7.89. The monoisotopic (exact) mass is 440 g/mol. The molecule has 0 spiro atoms. The standard InChI is InChI=1S/C23H24N2O5S/c1-30-22-9-5-4-8-17(22)21-15-19(23(26)27)18-14-16(10-11-20(18)24-21)31(28,29)25-12-6-2-3-7-13-25/h4-5,8-11,14-15H,2-3,6-7,12-13H2,1H3,(H,26,27). The van der Waals surface area contributed by atoms with Gasteiger partial charge in [-0.15, -0.1) is 0 Å². The van der Waals surface area contributed by atoms with Gasteiger partial charge in [0.1, 0.15) is 5.75 Å². The van der Waals surface area contributed by atoms with E-state index in [-0.39, 0.29) is 10.5 Å². The SMILES string of the molecule is COc1ccccc1-c1cc(C(=O)O)c2cc(S(=O)(=O)N3CCCCCC3)ccc2n1. The number of carboxylic acid groups (broad SMARTS) is 1. The van der Waals surface area contributed by atoms with Gasteiger partial charge in [0.25, 0.3) is 0 Å². The van der Waals surface area contributed by atoms with Crippen molar-refractivity contribution in [2.75, 3.05) is 20.2 Å². The minimum Gasteiger partial charge on any atom is -0.496 e. The van der Waals surface area contributed by atoms with E-state index in [1.807, 2.05) is 12.1 Å². The Bertz CT molecular complexity index is 1230. The van der Waals surface area contributed by atoms with E-state index in [9.17, 15) is 18.3 Å². The van der Waals surface area contributed by atoms with Crippen LogP contribution in [0.2, 0.25) is 0 Å². The molecule has 0 bridgehead atoms. The van der Waals surface area contributed by atoms with Crippen LogP contribution in [0.5, 0.6) is 5.75 Å². The molecule has 7 nitrogen and oxygen atoms in total. The van der Waals surface area contributed by atoms with Crippen LogP contribution in [0.1, 0.15) is 36.0 Å². The van der Waals surface area contributed by atoms with Crippen LogP contribution in [0.25, 0.3) is 22.2 Å².